The molecule has 0 heterocycles. The van der Waals surface area contributed by atoms with Crippen LogP contribution in [0.3, 0.4) is 0 Å². The Balaban J connectivity index is 1.73. The van der Waals surface area contributed by atoms with Gasteiger partial charge in [-0.05, 0) is 67.1 Å². The Hall–Kier alpha value is -3.90. The molecule has 2 amide bonds. The van der Waals surface area contributed by atoms with Gasteiger partial charge in [0.2, 0.25) is 10.0 Å². The number of sulfonamides is 1. The molecular weight excluding hydrogens is 535 g/mol. The van der Waals surface area contributed by atoms with Crippen LogP contribution in [0.5, 0.6) is 0 Å². The number of hydrogen-bond acceptors (Lipinski definition) is 4. The van der Waals surface area contributed by atoms with Crippen molar-refractivity contribution >= 4 is 27.7 Å². The number of urea groups is 1. The molecule has 208 valence electrons. The lowest BCUT2D eigenvalue weighted by molar-refractivity contribution is -0.139. The number of amides is 2. The molecule has 3 rings (SSSR count). The first kappa shape index (κ1) is 29.7. The number of hydrogen-bond donors (Lipinski definition) is 4. The van der Waals surface area contributed by atoms with Gasteiger partial charge >= 0.3 is 18.2 Å². The van der Waals surface area contributed by atoms with E-state index in [1.807, 2.05) is 6.92 Å². The third-order valence-electron chi connectivity index (χ3n) is 5.77. The maximum absolute atomic E-state index is 13.1. The zero-order valence-corrected chi connectivity index (χ0v) is 22.2. The molecule has 1 atom stereocenters. The van der Waals surface area contributed by atoms with Crippen LogP contribution in [0, 0.1) is 20.8 Å². The Bertz CT molecular complexity index is 1450. The zero-order valence-electron chi connectivity index (χ0n) is 21.4. The van der Waals surface area contributed by atoms with Crippen molar-refractivity contribution in [2.24, 2.45) is 0 Å². The molecule has 39 heavy (non-hydrogen) atoms. The highest BCUT2D eigenvalue weighted by molar-refractivity contribution is 7.89. The normalized spacial score (nSPS) is 12.6. The zero-order chi connectivity index (χ0) is 29.0. The fraction of sp³-hybridized carbons (Fsp3) is 0.259. The van der Waals surface area contributed by atoms with E-state index in [4.69, 9.17) is 0 Å². The smallest absolute Gasteiger partial charge is 0.405 e. The van der Waals surface area contributed by atoms with Gasteiger partial charge in [-0.15, -0.1) is 0 Å². The molecule has 0 aromatic heterocycles. The van der Waals surface area contributed by atoms with Crippen molar-refractivity contribution in [1.29, 1.82) is 0 Å². The Labute approximate surface area is 224 Å². The minimum atomic E-state index is -4.53. The van der Waals surface area contributed by atoms with Gasteiger partial charge in [-0.25, -0.2) is 13.2 Å². The van der Waals surface area contributed by atoms with Crippen LogP contribution in [0.2, 0.25) is 0 Å². The number of nitrogens with one attached hydrogen (secondary N) is 3. The van der Waals surface area contributed by atoms with Crippen LogP contribution in [-0.4, -0.2) is 44.3 Å². The minimum absolute atomic E-state index is 0.0512. The summed E-state index contributed by atoms with van der Waals surface area (Å²) in [5.74, 6) is -1.33. The molecule has 0 saturated heterocycles. The molecule has 4 N–H and O–H groups in total. The number of aliphatic carboxylic acids is 1. The molecule has 0 aliphatic heterocycles. The van der Waals surface area contributed by atoms with E-state index in [-0.39, 0.29) is 17.0 Å². The Morgan fingerprint density at radius 1 is 0.923 bits per heavy atom. The molecule has 0 fully saturated rings. The number of aryl methyl sites for hydroxylation is 3. The average molecular weight is 564 g/mol. The van der Waals surface area contributed by atoms with Crippen molar-refractivity contribution in [3.05, 3.63) is 82.9 Å². The third-order valence-corrected chi connectivity index (χ3v) is 7.54. The predicted molar refractivity (Wildman–Crippen MR) is 141 cm³/mol. The van der Waals surface area contributed by atoms with E-state index in [1.54, 1.807) is 73.8 Å². The molecule has 3 aromatic rings. The van der Waals surface area contributed by atoms with E-state index in [2.05, 4.69) is 10.0 Å². The second-order valence-corrected chi connectivity index (χ2v) is 10.8. The summed E-state index contributed by atoms with van der Waals surface area (Å²) in [5, 5.41) is 13.8. The standard InChI is InChI=1S/C27H28F3N3O5S/c1-16-11-17(2)24(18(3)12-16)39(37,38)33-23(25(34)35)13-19-7-9-20(10-8-19)21-5-4-6-22(14-21)32-26(36)31-15-27(28,29)30/h4-12,14,23,33H,13,15H2,1-3H3,(H,34,35)(H2,31,32,36). The molecule has 0 radical (unpaired) electrons. The monoisotopic (exact) mass is 563 g/mol. The fourth-order valence-electron chi connectivity index (χ4n) is 4.22. The topological polar surface area (TPSA) is 125 Å². The molecule has 0 aliphatic carbocycles. The van der Waals surface area contributed by atoms with E-state index in [9.17, 15) is 36.3 Å². The van der Waals surface area contributed by atoms with E-state index < -0.39 is 40.8 Å². The molecule has 3 aromatic carbocycles. The minimum Gasteiger partial charge on any atom is -0.480 e. The van der Waals surface area contributed by atoms with Crippen molar-refractivity contribution < 1.29 is 36.3 Å². The number of halogens is 3. The van der Waals surface area contributed by atoms with Crippen molar-refractivity contribution in [2.75, 3.05) is 11.9 Å². The first-order chi connectivity index (χ1) is 18.1. The SMILES string of the molecule is Cc1cc(C)c(S(=O)(=O)NC(Cc2ccc(-c3cccc(NC(=O)NCC(F)(F)F)c3)cc2)C(=O)O)c(C)c1. The highest BCUT2D eigenvalue weighted by Gasteiger charge is 2.29. The van der Waals surface area contributed by atoms with Gasteiger partial charge in [0.1, 0.15) is 12.6 Å². The molecule has 0 spiro atoms. The van der Waals surface area contributed by atoms with Crippen LogP contribution in [0.25, 0.3) is 11.1 Å². The highest BCUT2D eigenvalue weighted by Crippen LogP contribution is 2.25. The van der Waals surface area contributed by atoms with Crippen molar-refractivity contribution in [3.63, 3.8) is 0 Å². The predicted octanol–water partition coefficient (Wildman–Crippen LogP) is 4.94. The van der Waals surface area contributed by atoms with Gasteiger partial charge in [-0.2, -0.15) is 17.9 Å². The number of rotatable bonds is 9. The first-order valence-electron chi connectivity index (χ1n) is 11.8. The molecule has 1 unspecified atom stereocenters. The van der Waals surface area contributed by atoms with E-state index in [0.29, 0.717) is 27.8 Å². The van der Waals surface area contributed by atoms with E-state index >= 15 is 0 Å². The van der Waals surface area contributed by atoms with Gasteiger partial charge in [-0.1, -0.05) is 54.1 Å². The van der Waals surface area contributed by atoms with Gasteiger partial charge in [0.15, 0.2) is 0 Å². The van der Waals surface area contributed by atoms with Gasteiger partial charge in [0.25, 0.3) is 0 Å². The lowest BCUT2D eigenvalue weighted by Crippen LogP contribution is -2.42. The van der Waals surface area contributed by atoms with Crippen LogP contribution in [0.4, 0.5) is 23.7 Å². The lowest BCUT2D eigenvalue weighted by Gasteiger charge is -2.18. The maximum Gasteiger partial charge on any atom is 0.405 e. The van der Waals surface area contributed by atoms with Crippen LogP contribution in [0.1, 0.15) is 22.3 Å². The summed E-state index contributed by atoms with van der Waals surface area (Å²) in [7, 11) is -4.11. The Kier molecular flexibility index (Phi) is 9.03. The van der Waals surface area contributed by atoms with Crippen molar-refractivity contribution in [3.8, 4) is 11.1 Å². The summed E-state index contributed by atoms with van der Waals surface area (Å²) >= 11 is 0. The summed E-state index contributed by atoms with van der Waals surface area (Å²) < 4.78 is 65.3. The number of carbonyl (C=O) groups is 2. The Morgan fingerprint density at radius 2 is 1.54 bits per heavy atom. The number of alkyl halides is 3. The molecular formula is C27H28F3N3O5S. The first-order valence-corrected chi connectivity index (χ1v) is 13.3. The molecule has 8 nitrogen and oxygen atoms in total. The average Bonchev–Trinajstić information content (AvgIpc) is 2.81. The van der Waals surface area contributed by atoms with Gasteiger partial charge < -0.3 is 15.7 Å². The van der Waals surface area contributed by atoms with Crippen LogP contribution < -0.4 is 15.4 Å². The van der Waals surface area contributed by atoms with Crippen LogP contribution in [-0.2, 0) is 21.2 Å². The number of anilines is 1. The van der Waals surface area contributed by atoms with Gasteiger partial charge in [-0.3, -0.25) is 4.79 Å². The second-order valence-electron chi connectivity index (χ2n) is 9.14. The summed E-state index contributed by atoms with van der Waals surface area (Å²) in [4.78, 5) is 23.7. The number of carbonyl (C=O) groups excluding carboxylic acids is 1. The highest BCUT2D eigenvalue weighted by atomic mass is 32.2. The summed E-state index contributed by atoms with van der Waals surface area (Å²) in [6.07, 6.45) is -4.64. The van der Waals surface area contributed by atoms with Crippen molar-refractivity contribution in [1.82, 2.24) is 10.0 Å². The van der Waals surface area contributed by atoms with Crippen molar-refractivity contribution in [2.45, 2.75) is 44.3 Å². The summed E-state index contributed by atoms with van der Waals surface area (Å²) in [6, 6.07) is 14.2. The number of carboxylic acid groups (broad SMARTS) is 1. The quantitative estimate of drug-likeness (QED) is 0.294. The largest absolute Gasteiger partial charge is 0.480 e. The maximum atomic E-state index is 13.1. The molecule has 0 aliphatic rings. The second kappa shape index (κ2) is 11.9. The van der Waals surface area contributed by atoms with Crippen LogP contribution >= 0.6 is 0 Å². The van der Waals surface area contributed by atoms with Gasteiger partial charge in [0, 0.05) is 5.69 Å². The molecule has 0 saturated carbocycles. The van der Waals surface area contributed by atoms with E-state index in [1.165, 1.54) is 6.07 Å². The molecule has 0 bridgehead atoms. The summed E-state index contributed by atoms with van der Waals surface area (Å²) in [6.45, 7) is 3.69. The van der Waals surface area contributed by atoms with E-state index in [0.717, 1.165) is 5.56 Å². The molecule has 12 heteroatoms. The van der Waals surface area contributed by atoms with Gasteiger partial charge in [0.05, 0.1) is 4.90 Å². The number of benzene rings is 3. The number of carboxylic acids is 1. The van der Waals surface area contributed by atoms with Crippen LogP contribution in [0.15, 0.2) is 65.6 Å². The third kappa shape index (κ3) is 8.29. The lowest BCUT2D eigenvalue weighted by atomic mass is 10.0. The fourth-order valence-corrected chi connectivity index (χ4v) is 5.86. The Morgan fingerprint density at radius 3 is 2.10 bits per heavy atom. The summed E-state index contributed by atoms with van der Waals surface area (Å²) in [5.41, 5.74) is 4.11.